The maximum absolute atomic E-state index is 13.9. The van der Waals surface area contributed by atoms with Crippen molar-refractivity contribution in [3.05, 3.63) is 59.9 Å². The van der Waals surface area contributed by atoms with E-state index in [4.69, 9.17) is 0 Å². The highest BCUT2D eigenvalue weighted by atomic mass is 19.1. The molecular formula is C19H22FN3O. The molecule has 4 nitrogen and oxygen atoms in total. The van der Waals surface area contributed by atoms with Crippen LogP contribution in [0.15, 0.2) is 48.5 Å². The minimum atomic E-state index is -0.200. The van der Waals surface area contributed by atoms with Crippen LogP contribution in [0.3, 0.4) is 0 Å². The summed E-state index contributed by atoms with van der Waals surface area (Å²) in [6.07, 6.45) is 1.74. The molecular weight excluding hydrogens is 305 g/mol. The van der Waals surface area contributed by atoms with E-state index < -0.39 is 0 Å². The number of benzene rings is 2. The highest BCUT2D eigenvalue weighted by Gasteiger charge is 2.24. The van der Waals surface area contributed by atoms with Crippen molar-refractivity contribution in [1.82, 2.24) is 5.01 Å². The van der Waals surface area contributed by atoms with Crippen LogP contribution >= 0.6 is 0 Å². The normalized spacial score (nSPS) is 15.3. The third-order valence-corrected chi connectivity index (χ3v) is 4.47. The monoisotopic (exact) mass is 327 g/mol. The van der Waals surface area contributed by atoms with Gasteiger partial charge in [-0.1, -0.05) is 37.3 Å². The first-order valence-electron chi connectivity index (χ1n) is 8.31. The second-order valence-electron chi connectivity index (χ2n) is 5.82. The van der Waals surface area contributed by atoms with Gasteiger partial charge in [-0.05, 0) is 30.2 Å². The summed E-state index contributed by atoms with van der Waals surface area (Å²) in [5, 5.41) is 3.72. The molecule has 0 unspecified atom stereocenters. The maximum atomic E-state index is 13.9. The van der Waals surface area contributed by atoms with E-state index in [1.165, 1.54) is 6.07 Å². The molecule has 1 amide bonds. The molecule has 1 saturated heterocycles. The quantitative estimate of drug-likeness (QED) is 0.790. The molecule has 2 aromatic rings. The topological polar surface area (TPSA) is 26.8 Å². The molecule has 126 valence electrons. The lowest BCUT2D eigenvalue weighted by atomic mass is 10.1. The Bertz CT molecular complexity index is 699. The van der Waals surface area contributed by atoms with Crippen LogP contribution in [0, 0.1) is 5.82 Å². The second kappa shape index (κ2) is 7.45. The average Bonchev–Trinajstić information content (AvgIpc) is 2.64. The lowest BCUT2D eigenvalue weighted by Gasteiger charge is -2.40. The molecule has 1 heterocycles. The van der Waals surface area contributed by atoms with Crippen LogP contribution in [-0.4, -0.2) is 37.6 Å². The summed E-state index contributed by atoms with van der Waals surface area (Å²) < 4.78 is 13.9. The summed E-state index contributed by atoms with van der Waals surface area (Å²) in [5.74, 6) is -0.200. The maximum Gasteiger partial charge on any atom is 0.228 e. The fraction of sp³-hybridized carbons (Fsp3) is 0.316. The van der Waals surface area contributed by atoms with Gasteiger partial charge in [0.25, 0.3) is 0 Å². The first-order valence-corrected chi connectivity index (χ1v) is 8.31. The van der Waals surface area contributed by atoms with Crippen molar-refractivity contribution in [2.45, 2.75) is 13.3 Å². The van der Waals surface area contributed by atoms with Crippen molar-refractivity contribution in [2.24, 2.45) is 0 Å². The first kappa shape index (κ1) is 16.5. The standard InChI is InChI=1S/C19H22FN3O/c1-2-16-7-3-5-9-18(16)23(15-24)22-13-11-21(12-14-22)19-10-6-4-8-17(19)20/h3-10,15H,2,11-14H2,1H3. The summed E-state index contributed by atoms with van der Waals surface area (Å²) in [4.78, 5) is 13.7. The summed E-state index contributed by atoms with van der Waals surface area (Å²) in [5.41, 5.74) is 2.69. The Morgan fingerprint density at radius 2 is 1.71 bits per heavy atom. The predicted octanol–water partition coefficient (Wildman–Crippen LogP) is 3.09. The molecule has 0 radical (unpaired) electrons. The Balaban J connectivity index is 1.73. The van der Waals surface area contributed by atoms with Crippen LogP contribution in [0.1, 0.15) is 12.5 Å². The minimum absolute atomic E-state index is 0.200. The van der Waals surface area contributed by atoms with E-state index in [0.29, 0.717) is 31.9 Å². The van der Waals surface area contributed by atoms with Crippen LogP contribution in [0.25, 0.3) is 0 Å². The van der Waals surface area contributed by atoms with Gasteiger partial charge < -0.3 is 4.90 Å². The zero-order valence-corrected chi connectivity index (χ0v) is 13.9. The van der Waals surface area contributed by atoms with E-state index in [1.54, 1.807) is 17.1 Å². The predicted molar refractivity (Wildman–Crippen MR) is 94.5 cm³/mol. The Morgan fingerprint density at radius 1 is 1.04 bits per heavy atom. The number of amides is 1. The number of halogens is 1. The van der Waals surface area contributed by atoms with Crippen molar-refractivity contribution < 1.29 is 9.18 Å². The molecule has 0 N–H and O–H groups in total. The number of hydrazine groups is 1. The minimum Gasteiger partial charge on any atom is -0.366 e. The summed E-state index contributed by atoms with van der Waals surface area (Å²) in [7, 11) is 0. The fourth-order valence-corrected chi connectivity index (χ4v) is 3.17. The number of aryl methyl sites for hydroxylation is 1. The molecule has 24 heavy (non-hydrogen) atoms. The van der Waals surface area contributed by atoms with Crippen LogP contribution in [-0.2, 0) is 11.2 Å². The van der Waals surface area contributed by atoms with Crippen LogP contribution in [0.5, 0.6) is 0 Å². The zero-order valence-electron chi connectivity index (χ0n) is 13.9. The molecule has 3 rings (SSSR count). The number of anilines is 2. The molecule has 1 fully saturated rings. The van der Waals surface area contributed by atoms with Gasteiger partial charge in [0.05, 0.1) is 11.4 Å². The van der Waals surface area contributed by atoms with E-state index in [1.807, 2.05) is 40.2 Å². The number of hydrogen-bond acceptors (Lipinski definition) is 3. The number of nitrogens with zero attached hydrogens (tertiary/aromatic N) is 3. The van der Waals surface area contributed by atoms with E-state index in [9.17, 15) is 9.18 Å². The lowest BCUT2D eigenvalue weighted by molar-refractivity contribution is -0.110. The molecule has 0 bridgehead atoms. The van der Waals surface area contributed by atoms with Crippen LogP contribution < -0.4 is 9.91 Å². The van der Waals surface area contributed by atoms with Gasteiger partial charge >= 0.3 is 0 Å². The number of carbonyl (C=O) groups is 1. The molecule has 1 aliphatic rings. The second-order valence-corrected chi connectivity index (χ2v) is 5.82. The number of hydrogen-bond donors (Lipinski definition) is 0. The summed E-state index contributed by atoms with van der Waals surface area (Å²) in [6.45, 7) is 4.79. The Labute approximate surface area is 142 Å². The van der Waals surface area contributed by atoms with Gasteiger partial charge in [0.1, 0.15) is 5.82 Å². The van der Waals surface area contributed by atoms with Gasteiger partial charge in [-0.15, -0.1) is 0 Å². The molecule has 5 heteroatoms. The smallest absolute Gasteiger partial charge is 0.228 e. The molecule has 0 saturated carbocycles. The van der Waals surface area contributed by atoms with Crippen LogP contribution in [0.4, 0.5) is 15.8 Å². The van der Waals surface area contributed by atoms with Gasteiger partial charge in [0.2, 0.25) is 6.41 Å². The third-order valence-electron chi connectivity index (χ3n) is 4.47. The Hall–Kier alpha value is -2.40. The van der Waals surface area contributed by atoms with Gasteiger partial charge in [-0.3, -0.25) is 4.79 Å². The van der Waals surface area contributed by atoms with E-state index in [-0.39, 0.29) is 5.82 Å². The number of rotatable bonds is 5. The third kappa shape index (κ3) is 3.26. The lowest BCUT2D eigenvalue weighted by Crippen LogP contribution is -2.54. The molecule has 2 aromatic carbocycles. The molecule has 0 aliphatic carbocycles. The van der Waals surface area contributed by atoms with Crippen molar-refractivity contribution >= 4 is 17.8 Å². The molecule has 0 atom stereocenters. The highest BCUT2D eigenvalue weighted by Crippen LogP contribution is 2.24. The van der Waals surface area contributed by atoms with E-state index >= 15 is 0 Å². The number of piperazine rings is 1. The zero-order chi connectivity index (χ0) is 16.9. The number of para-hydroxylation sites is 2. The largest absolute Gasteiger partial charge is 0.366 e. The van der Waals surface area contributed by atoms with Crippen molar-refractivity contribution in [3.63, 3.8) is 0 Å². The van der Waals surface area contributed by atoms with E-state index in [2.05, 4.69) is 6.92 Å². The van der Waals surface area contributed by atoms with Crippen LogP contribution in [0.2, 0.25) is 0 Å². The van der Waals surface area contributed by atoms with Crippen molar-refractivity contribution in [2.75, 3.05) is 36.1 Å². The van der Waals surface area contributed by atoms with Gasteiger partial charge in [0, 0.05) is 26.2 Å². The molecule has 0 spiro atoms. The van der Waals surface area contributed by atoms with E-state index in [0.717, 1.165) is 24.1 Å². The van der Waals surface area contributed by atoms with Gasteiger partial charge in [-0.25, -0.2) is 14.4 Å². The highest BCUT2D eigenvalue weighted by molar-refractivity contribution is 5.76. The Morgan fingerprint density at radius 3 is 2.38 bits per heavy atom. The summed E-state index contributed by atoms with van der Waals surface area (Å²) >= 11 is 0. The van der Waals surface area contributed by atoms with Gasteiger partial charge in [-0.2, -0.15) is 0 Å². The summed E-state index contributed by atoms with van der Waals surface area (Å²) in [6, 6.07) is 14.8. The number of carbonyl (C=O) groups excluding carboxylic acids is 1. The molecule has 0 aromatic heterocycles. The van der Waals surface area contributed by atoms with Crippen molar-refractivity contribution in [3.8, 4) is 0 Å². The fourth-order valence-electron chi connectivity index (χ4n) is 3.17. The van der Waals surface area contributed by atoms with Gasteiger partial charge in [0.15, 0.2) is 0 Å². The first-order chi connectivity index (χ1) is 11.7. The SMILES string of the molecule is CCc1ccccc1N(C=O)N1CCN(c2ccccc2F)CC1. The Kier molecular flexibility index (Phi) is 5.11. The molecule has 1 aliphatic heterocycles. The van der Waals surface area contributed by atoms with Crippen molar-refractivity contribution in [1.29, 1.82) is 0 Å². The average molecular weight is 327 g/mol.